The van der Waals surface area contributed by atoms with Crippen LogP contribution in [0.4, 0.5) is 17.1 Å². The molecular weight excluding hydrogens is 370 g/mol. The Hall–Kier alpha value is -3.68. The Balaban J connectivity index is 1.57. The number of hydrogen-bond donors (Lipinski definition) is 1. The lowest BCUT2D eigenvalue weighted by Gasteiger charge is -2.19. The first-order valence-electron chi connectivity index (χ1n) is 9.46. The highest BCUT2D eigenvalue weighted by atomic mass is 16.6. The fourth-order valence-corrected chi connectivity index (χ4v) is 3.59. The molecule has 2 aromatic carbocycles. The number of amides is 1. The number of benzene rings is 2. The summed E-state index contributed by atoms with van der Waals surface area (Å²) in [6, 6.07) is 10.4. The van der Waals surface area contributed by atoms with Gasteiger partial charge in [0.05, 0.1) is 11.3 Å². The molecule has 0 radical (unpaired) electrons. The van der Waals surface area contributed by atoms with E-state index in [4.69, 9.17) is 0 Å². The molecule has 1 saturated heterocycles. The molecule has 8 nitrogen and oxygen atoms in total. The Bertz CT molecular complexity index is 1060. The summed E-state index contributed by atoms with van der Waals surface area (Å²) in [6.07, 6.45) is 7.04. The molecule has 0 aliphatic carbocycles. The van der Waals surface area contributed by atoms with E-state index in [-0.39, 0.29) is 17.2 Å². The van der Waals surface area contributed by atoms with Crippen LogP contribution in [-0.4, -0.2) is 33.5 Å². The first-order chi connectivity index (χ1) is 14.0. The van der Waals surface area contributed by atoms with Crippen molar-refractivity contribution in [3.8, 4) is 5.69 Å². The van der Waals surface area contributed by atoms with Crippen LogP contribution in [0.25, 0.3) is 5.69 Å². The van der Waals surface area contributed by atoms with Gasteiger partial charge >= 0.3 is 0 Å². The highest BCUT2D eigenvalue weighted by Crippen LogP contribution is 2.27. The molecule has 0 bridgehead atoms. The summed E-state index contributed by atoms with van der Waals surface area (Å²) < 4.78 is 1.54. The number of hydrogen-bond acceptors (Lipinski definition) is 5. The van der Waals surface area contributed by atoms with Gasteiger partial charge in [0.25, 0.3) is 11.6 Å². The average Bonchev–Trinajstić information content (AvgIpc) is 3.43. The first-order valence-corrected chi connectivity index (χ1v) is 9.46. The molecule has 1 N–H and O–H groups in total. The smallest absolute Gasteiger partial charge is 0.294 e. The fourth-order valence-electron chi connectivity index (χ4n) is 3.59. The number of carbonyl (C=O) groups excluding carboxylic acids is 1. The predicted octanol–water partition coefficient (Wildman–Crippen LogP) is 3.94. The SMILES string of the molecule is Cc1cc(N2CCCC2)ccc1NC(=O)c1ccc(-n2ccnc2)c([N+](=O)[O-])c1. The number of aryl methyl sites for hydroxylation is 1. The van der Waals surface area contributed by atoms with E-state index in [1.807, 2.05) is 19.1 Å². The van der Waals surface area contributed by atoms with Crippen LogP contribution in [-0.2, 0) is 0 Å². The normalized spacial score (nSPS) is 13.5. The number of anilines is 2. The Labute approximate surface area is 167 Å². The van der Waals surface area contributed by atoms with Crippen molar-refractivity contribution in [1.29, 1.82) is 0 Å². The molecule has 148 valence electrons. The number of nitro benzene ring substituents is 1. The molecule has 1 aliphatic rings. The van der Waals surface area contributed by atoms with Crippen LogP contribution < -0.4 is 10.2 Å². The molecule has 2 heterocycles. The maximum Gasteiger partial charge on any atom is 0.294 e. The van der Waals surface area contributed by atoms with E-state index in [1.54, 1.807) is 29.1 Å². The molecule has 1 aromatic heterocycles. The number of imidazole rings is 1. The summed E-state index contributed by atoms with van der Waals surface area (Å²) >= 11 is 0. The number of rotatable bonds is 5. The van der Waals surface area contributed by atoms with Gasteiger partial charge < -0.3 is 14.8 Å². The summed E-state index contributed by atoms with van der Waals surface area (Å²) in [7, 11) is 0. The van der Waals surface area contributed by atoms with Gasteiger partial charge in [-0.25, -0.2) is 4.98 Å². The summed E-state index contributed by atoms with van der Waals surface area (Å²) in [5, 5.41) is 14.4. The molecule has 0 saturated carbocycles. The van der Waals surface area contributed by atoms with Crippen molar-refractivity contribution in [2.45, 2.75) is 19.8 Å². The van der Waals surface area contributed by atoms with Gasteiger partial charge in [0.2, 0.25) is 0 Å². The monoisotopic (exact) mass is 391 g/mol. The van der Waals surface area contributed by atoms with Gasteiger partial charge in [0.1, 0.15) is 5.69 Å². The second-order valence-electron chi connectivity index (χ2n) is 7.08. The predicted molar refractivity (Wildman–Crippen MR) is 111 cm³/mol. The molecule has 3 aromatic rings. The molecule has 1 fully saturated rings. The third-order valence-corrected chi connectivity index (χ3v) is 5.15. The molecular formula is C21H21N5O3. The molecule has 1 amide bonds. The third kappa shape index (κ3) is 3.82. The van der Waals surface area contributed by atoms with E-state index >= 15 is 0 Å². The second-order valence-corrected chi connectivity index (χ2v) is 7.08. The summed E-state index contributed by atoms with van der Waals surface area (Å²) in [6.45, 7) is 4.05. The summed E-state index contributed by atoms with van der Waals surface area (Å²) in [5.74, 6) is -0.387. The average molecular weight is 391 g/mol. The highest BCUT2D eigenvalue weighted by molar-refractivity contribution is 6.05. The zero-order valence-electron chi connectivity index (χ0n) is 16.0. The van der Waals surface area contributed by atoms with E-state index in [1.165, 1.54) is 25.2 Å². The molecule has 0 unspecified atom stereocenters. The van der Waals surface area contributed by atoms with Crippen LogP contribution in [0.3, 0.4) is 0 Å². The highest BCUT2D eigenvalue weighted by Gasteiger charge is 2.19. The summed E-state index contributed by atoms with van der Waals surface area (Å²) in [4.78, 5) is 30.0. The van der Waals surface area contributed by atoms with Gasteiger partial charge in [-0.3, -0.25) is 14.9 Å². The zero-order valence-corrected chi connectivity index (χ0v) is 16.0. The molecule has 4 rings (SSSR count). The number of nitrogens with zero attached hydrogens (tertiary/aromatic N) is 4. The lowest BCUT2D eigenvalue weighted by atomic mass is 10.1. The van der Waals surface area contributed by atoms with Gasteiger partial charge in [0.15, 0.2) is 0 Å². The van der Waals surface area contributed by atoms with Crippen LogP contribution >= 0.6 is 0 Å². The minimum atomic E-state index is -0.498. The van der Waals surface area contributed by atoms with Gasteiger partial charge in [0, 0.05) is 48.5 Å². The van der Waals surface area contributed by atoms with Crippen molar-refractivity contribution in [3.63, 3.8) is 0 Å². The zero-order chi connectivity index (χ0) is 20.4. The maximum atomic E-state index is 12.7. The minimum Gasteiger partial charge on any atom is -0.372 e. The lowest BCUT2D eigenvalue weighted by Crippen LogP contribution is -2.18. The van der Waals surface area contributed by atoms with Gasteiger partial charge in [-0.1, -0.05) is 0 Å². The number of nitro groups is 1. The van der Waals surface area contributed by atoms with Crippen LogP contribution in [0.2, 0.25) is 0 Å². The van der Waals surface area contributed by atoms with Crippen LogP contribution in [0.15, 0.2) is 55.1 Å². The molecule has 8 heteroatoms. The molecule has 1 aliphatic heterocycles. The van der Waals surface area contributed by atoms with Crippen molar-refractivity contribution in [3.05, 3.63) is 76.4 Å². The van der Waals surface area contributed by atoms with E-state index in [9.17, 15) is 14.9 Å². The lowest BCUT2D eigenvalue weighted by molar-refractivity contribution is -0.384. The minimum absolute atomic E-state index is 0.156. The maximum absolute atomic E-state index is 12.7. The molecule has 29 heavy (non-hydrogen) atoms. The molecule has 0 spiro atoms. The number of aromatic nitrogens is 2. The van der Waals surface area contributed by atoms with Crippen molar-refractivity contribution in [2.75, 3.05) is 23.3 Å². The van der Waals surface area contributed by atoms with E-state index in [2.05, 4.69) is 21.3 Å². The Morgan fingerprint density at radius 1 is 1.17 bits per heavy atom. The van der Waals surface area contributed by atoms with Crippen LogP contribution in [0.1, 0.15) is 28.8 Å². The second kappa shape index (κ2) is 7.75. The van der Waals surface area contributed by atoms with Crippen molar-refractivity contribution >= 4 is 23.0 Å². The Morgan fingerprint density at radius 2 is 1.97 bits per heavy atom. The van der Waals surface area contributed by atoms with Crippen LogP contribution in [0, 0.1) is 17.0 Å². The van der Waals surface area contributed by atoms with Crippen molar-refractivity contribution in [1.82, 2.24) is 9.55 Å². The Morgan fingerprint density at radius 3 is 2.62 bits per heavy atom. The third-order valence-electron chi connectivity index (χ3n) is 5.15. The van der Waals surface area contributed by atoms with Gasteiger partial charge in [-0.2, -0.15) is 0 Å². The standard InChI is InChI=1S/C21H21N5O3/c1-15-12-17(24-9-2-3-10-24)5-6-18(15)23-21(27)16-4-7-19(20(13-16)26(28)29)25-11-8-22-14-25/h4-8,11-14H,2-3,9-10H2,1H3,(H,23,27). The quantitative estimate of drug-likeness (QED) is 0.525. The van der Waals surface area contributed by atoms with E-state index < -0.39 is 4.92 Å². The van der Waals surface area contributed by atoms with E-state index in [0.717, 1.165) is 24.3 Å². The topological polar surface area (TPSA) is 93.3 Å². The summed E-state index contributed by atoms with van der Waals surface area (Å²) in [5.41, 5.74) is 3.22. The fraction of sp³-hybridized carbons (Fsp3) is 0.238. The van der Waals surface area contributed by atoms with Gasteiger partial charge in [-0.05, 0) is 55.7 Å². The van der Waals surface area contributed by atoms with Crippen LogP contribution in [0.5, 0.6) is 0 Å². The van der Waals surface area contributed by atoms with Crippen molar-refractivity contribution < 1.29 is 9.72 Å². The first kappa shape index (κ1) is 18.7. The number of nitrogens with one attached hydrogen (secondary N) is 1. The van der Waals surface area contributed by atoms with Gasteiger partial charge in [-0.15, -0.1) is 0 Å². The van der Waals surface area contributed by atoms with E-state index in [0.29, 0.717) is 11.4 Å². The molecule has 0 atom stereocenters. The largest absolute Gasteiger partial charge is 0.372 e. The number of carbonyl (C=O) groups is 1. The van der Waals surface area contributed by atoms with Crippen molar-refractivity contribution in [2.24, 2.45) is 0 Å². The Kier molecular flexibility index (Phi) is 4.99.